The van der Waals surface area contributed by atoms with Crippen LogP contribution in [0.3, 0.4) is 0 Å². The number of carbonyl (C=O) groups is 1. The van der Waals surface area contributed by atoms with Gasteiger partial charge in [0.2, 0.25) is 5.91 Å². The van der Waals surface area contributed by atoms with Crippen LogP contribution in [0.15, 0.2) is 42.5 Å². The van der Waals surface area contributed by atoms with E-state index in [1.807, 2.05) is 30.3 Å². The number of hydrogen-bond acceptors (Lipinski definition) is 2. The molecule has 0 unspecified atom stereocenters. The second kappa shape index (κ2) is 6.99. The molecular weight excluding hydrogens is 267 g/mol. The first-order valence-electron chi connectivity index (χ1n) is 6.87. The van der Waals surface area contributed by atoms with E-state index in [1.165, 1.54) is 13.0 Å². The standard InChI is InChI=1S/C17H19FN2O/c1-12-9-15(5-8-17(12)18)11-19-10-14-3-6-16(7-4-14)20-13(2)21/h3-9,19H,10-11H2,1-2H3,(H,20,21). The van der Waals surface area contributed by atoms with Gasteiger partial charge >= 0.3 is 0 Å². The molecule has 110 valence electrons. The SMILES string of the molecule is CC(=O)Nc1ccc(CNCc2ccc(F)c(C)c2)cc1. The number of amides is 1. The zero-order chi connectivity index (χ0) is 15.2. The second-order valence-electron chi connectivity index (χ2n) is 5.07. The third-order valence-corrected chi connectivity index (χ3v) is 3.15. The van der Waals surface area contributed by atoms with Crippen molar-refractivity contribution in [3.05, 3.63) is 65.0 Å². The van der Waals surface area contributed by atoms with E-state index in [4.69, 9.17) is 0 Å². The van der Waals surface area contributed by atoms with Crippen molar-refractivity contribution < 1.29 is 9.18 Å². The predicted octanol–water partition coefficient (Wildman–Crippen LogP) is 3.38. The zero-order valence-corrected chi connectivity index (χ0v) is 12.2. The van der Waals surface area contributed by atoms with Crippen LogP contribution in [0.25, 0.3) is 0 Å². The maximum absolute atomic E-state index is 13.2. The van der Waals surface area contributed by atoms with Gasteiger partial charge in [0.25, 0.3) is 0 Å². The Bertz CT molecular complexity index is 623. The van der Waals surface area contributed by atoms with E-state index >= 15 is 0 Å². The monoisotopic (exact) mass is 286 g/mol. The van der Waals surface area contributed by atoms with E-state index in [0.29, 0.717) is 12.1 Å². The first kappa shape index (κ1) is 15.2. The third kappa shape index (κ3) is 4.68. The van der Waals surface area contributed by atoms with Crippen LogP contribution in [0.2, 0.25) is 0 Å². The quantitative estimate of drug-likeness (QED) is 0.884. The molecule has 2 aromatic carbocycles. The largest absolute Gasteiger partial charge is 0.326 e. The minimum Gasteiger partial charge on any atom is -0.326 e. The molecule has 3 nitrogen and oxygen atoms in total. The fourth-order valence-electron chi connectivity index (χ4n) is 2.08. The number of carbonyl (C=O) groups excluding carboxylic acids is 1. The normalized spacial score (nSPS) is 10.4. The van der Waals surface area contributed by atoms with Gasteiger partial charge < -0.3 is 10.6 Å². The van der Waals surface area contributed by atoms with Gasteiger partial charge in [-0.15, -0.1) is 0 Å². The molecule has 21 heavy (non-hydrogen) atoms. The van der Waals surface area contributed by atoms with E-state index in [2.05, 4.69) is 10.6 Å². The van der Waals surface area contributed by atoms with Crippen LogP contribution in [-0.4, -0.2) is 5.91 Å². The highest BCUT2D eigenvalue weighted by Crippen LogP contribution is 2.11. The van der Waals surface area contributed by atoms with Crippen LogP contribution in [0.4, 0.5) is 10.1 Å². The van der Waals surface area contributed by atoms with Crippen molar-refractivity contribution in [2.24, 2.45) is 0 Å². The molecular formula is C17H19FN2O. The summed E-state index contributed by atoms with van der Waals surface area (Å²) in [5.41, 5.74) is 3.64. The van der Waals surface area contributed by atoms with Crippen molar-refractivity contribution in [1.29, 1.82) is 0 Å². The molecule has 0 spiro atoms. The molecule has 0 saturated carbocycles. The Morgan fingerprint density at radius 3 is 2.29 bits per heavy atom. The summed E-state index contributed by atoms with van der Waals surface area (Å²) >= 11 is 0. The lowest BCUT2D eigenvalue weighted by atomic mass is 10.1. The first-order valence-corrected chi connectivity index (χ1v) is 6.87. The summed E-state index contributed by atoms with van der Waals surface area (Å²) in [6.45, 7) is 4.66. The van der Waals surface area contributed by atoms with E-state index in [9.17, 15) is 9.18 Å². The molecule has 2 aromatic rings. The molecule has 0 saturated heterocycles. The molecule has 0 heterocycles. The predicted molar refractivity (Wildman–Crippen MR) is 82.4 cm³/mol. The van der Waals surface area contributed by atoms with Gasteiger partial charge in [-0.1, -0.05) is 24.3 Å². The van der Waals surface area contributed by atoms with Crippen molar-refractivity contribution in [2.75, 3.05) is 5.32 Å². The molecule has 0 aliphatic rings. The van der Waals surface area contributed by atoms with Crippen LogP contribution in [0.1, 0.15) is 23.6 Å². The fourth-order valence-corrected chi connectivity index (χ4v) is 2.08. The van der Waals surface area contributed by atoms with Crippen LogP contribution >= 0.6 is 0 Å². The minimum atomic E-state index is -0.174. The Hall–Kier alpha value is -2.20. The maximum atomic E-state index is 13.2. The van der Waals surface area contributed by atoms with Crippen molar-refractivity contribution in [3.63, 3.8) is 0 Å². The van der Waals surface area contributed by atoms with Crippen LogP contribution in [-0.2, 0) is 17.9 Å². The Balaban J connectivity index is 1.85. The Kier molecular flexibility index (Phi) is 5.06. The van der Waals surface area contributed by atoms with Gasteiger partial charge in [-0.2, -0.15) is 0 Å². The van der Waals surface area contributed by atoms with Gasteiger partial charge in [0.05, 0.1) is 0 Å². The molecule has 0 radical (unpaired) electrons. The number of anilines is 1. The van der Waals surface area contributed by atoms with Crippen LogP contribution < -0.4 is 10.6 Å². The number of halogens is 1. The average molecular weight is 286 g/mol. The molecule has 4 heteroatoms. The molecule has 0 aliphatic heterocycles. The molecule has 0 aliphatic carbocycles. The number of benzene rings is 2. The van der Waals surface area contributed by atoms with Gasteiger partial charge in [-0.3, -0.25) is 4.79 Å². The van der Waals surface area contributed by atoms with E-state index in [-0.39, 0.29) is 11.7 Å². The van der Waals surface area contributed by atoms with Gasteiger partial charge in [-0.05, 0) is 41.8 Å². The van der Waals surface area contributed by atoms with Gasteiger partial charge in [0.15, 0.2) is 0 Å². The molecule has 0 atom stereocenters. The van der Waals surface area contributed by atoms with Gasteiger partial charge in [0, 0.05) is 25.7 Å². The summed E-state index contributed by atoms with van der Waals surface area (Å²) in [6, 6.07) is 12.8. The smallest absolute Gasteiger partial charge is 0.221 e. The number of aryl methyl sites for hydroxylation is 1. The topological polar surface area (TPSA) is 41.1 Å². The lowest BCUT2D eigenvalue weighted by Crippen LogP contribution is -2.13. The number of rotatable bonds is 5. The number of hydrogen-bond donors (Lipinski definition) is 2. The summed E-state index contributed by atoms with van der Waals surface area (Å²) in [7, 11) is 0. The molecule has 2 N–H and O–H groups in total. The molecule has 0 aromatic heterocycles. The highest BCUT2D eigenvalue weighted by atomic mass is 19.1. The molecule has 0 fully saturated rings. The van der Waals surface area contributed by atoms with Crippen molar-refractivity contribution >= 4 is 11.6 Å². The maximum Gasteiger partial charge on any atom is 0.221 e. The lowest BCUT2D eigenvalue weighted by Gasteiger charge is -2.08. The zero-order valence-electron chi connectivity index (χ0n) is 12.2. The van der Waals surface area contributed by atoms with E-state index < -0.39 is 0 Å². The Morgan fingerprint density at radius 2 is 1.67 bits per heavy atom. The van der Waals surface area contributed by atoms with Crippen molar-refractivity contribution in [3.8, 4) is 0 Å². The van der Waals surface area contributed by atoms with E-state index in [0.717, 1.165) is 23.4 Å². The first-order chi connectivity index (χ1) is 10.0. The minimum absolute atomic E-state index is 0.0763. The highest BCUT2D eigenvalue weighted by Gasteiger charge is 2.00. The molecule has 0 bridgehead atoms. The Labute approximate surface area is 124 Å². The highest BCUT2D eigenvalue weighted by molar-refractivity contribution is 5.88. The van der Waals surface area contributed by atoms with Gasteiger partial charge in [-0.25, -0.2) is 4.39 Å². The molecule has 2 rings (SSSR count). The molecule has 1 amide bonds. The summed E-state index contributed by atoms with van der Waals surface area (Å²) in [6.07, 6.45) is 0. The average Bonchev–Trinajstić information content (AvgIpc) is 2.44. The van der Waals surface area contributed by atoms with Crippen LogP contribution in [0.5, 0.6) is 0 Å². The summed E-state index contributed by atoms with van der Waals surface area (Å²) in [5.74, 6) is -0.250. The fraction of sp³-hybridized carbons (Fsp3) is 0.235. The summed E-state index contributed by atoms with van der Waals surface area (Å²) < 4.78 is 13.2. The van der Waals surface area contributed by atoms with Crippen molar-refractivity contribution in [2.45, 2.75) is 26.9 Å². The third-order valence-electron chi connectivity index (χ3n) is 3.15. The van der Waals surface area contributed by atoms with E-state index in [1.54, 1.807) is 13.0 Å². The number of nitrogens with one attached hydrogen (secondary N) is 2. The second-order valence-corrected chi connectivity index (χ2v) is 5.07. The van der Waals surface area contributed by atoms with Crippen LogP contribution in [0, 0.1) is 12.7 Å². The summed E-state index contributed by atoms with van der Waals surface area (Å²) in [5, 5.41) is 6.05. The van der Waals surface area contributed by atoms with Crippen molar-refractivity contribution in [1.82, 2.24) is 5.32 Å². The Morgan fingerprint density at radius 1 is 1.05 bits per heavy atom. The lowest BCUT2D eigenvalue weighted by molar-refractivity contribution is -0.114. The van der Waals surface area contributed by atoms with Gasteiger partial charge in [0.1, 0.15) is 5.82 Å². The summed E-state index contributed by atoms with van der Waals surface area (Å²) in [4.78, 5) is 10.9.